The normalized spacial score (nSPS) is 19.5. The SMILES string of the molecule is Cc1cc(Cl)c(CN(CC2CCCCN2)C(C)C)c(Cl)n1. The summed E-state index contributed by atoms with van der Waals surface area (Å²) in [5.41, 5.74) is 1.80. The van der Waals surface area contributed by atoms with Crippen molar-refractivity contribution in [1.82, 2.24) is 15.2 Å². The molecule has 5 heteroatoms. The van der Waals surface area contributed by atoms with E-state index in [2.05, 4.69) is 29.0 Å². The van der Waals surface area contributed by atoms with Crippen LogP contribution in [0.3, 0.4) is 0 Å². The number of nitrogens with zero attached hydrogens (tertiary/aromatic N) is 2. The summed E-state index contributed by atoms with van der Waals surface area (Å²) in [6.07, 6.45) is 3.85. The van der Waals surface area contributed by atoms with Crippen molar-refractivity contribution in [2.75, 3.05) is 13.1 Å². The van der Waals surface area contributed by atoms with E-state index in [1.54, 1.807) is 0 Å². The highest BCUT2D eigenvalue weighted by Gasteiger charge is 2.21. The lowest BCUT2D eigenvalue weighted by Gasteiger charge is -2.33. The van der Waals surface area contributed by atoms with E-state index in [0.29, 0.717) is 17.2 Å². The lowest BCUT2D eigenvalue weighted by atomic mass is 10.0. The second-order valence-corrected chi connectivity index (χ2v) is 6.95. The number of aromatic nitrogens is 1. The quantitative estimate of drug-likeness (QED) is 0.826. The number of nitrogens with one attached hydrogen (secondary N) is 1. The maximum atomic E-state index is 6.36. The van der Waals surface area contributed by atoms with E-state index < -0.39 is 0 Å². The number of aryl methyl sites for hydroxylation is 1. The molecule has 1 saturated heterocycles. The van der Waals surface area contributed by atoms with Crippen molar-refractivity contribution in [3.63, 3.8) is 0 Å². The van der Waals surface area contributed by atoms with Crippen molar-refractivity contribution in [3.8, 4) is 0 Å². The Kier molecular flexibility index (Phi) is 6.30. The monoisotopic (exact) mass is 329 g/mol. The molecule has 1 N–H and O–H groups in total. The van der Waals surface area contributed by atoms with Crippen LogP contribution < -0.4 is 5.32 Å². The Morgan fingerprint density at radius 3 is 2.71 bits per heavy atom. The van der Waals surface area contributed by atoms with Gasteiger partial charge in [-0.2, -0.15) is 0 Å². The lowest BCUT2D eigenvalue weighted by molar-refractivity contribution is 0.177. The standard InChI is InChI=1S/C16H25Cl2N3/c1-11(2)21(9-13-6-4-5-7-19-13)10-14-15(17)8-12(3)20-16(14)18/h8,11,13,19H,4-7,9-10H2,1-3H3. The summed E-state index contributed by atoms with van der Waals surface area (Å²) < 4.78 is 0. The van der Waals surface area contributed by atoms with E-state index >= 15 is 0 Å². The number of hydrogen-bond donors (Lipinski definition) is 1. The van der Waals surface area contributed by atoms with E-state index in [4.69, 9.17) is 23.2 Å². The second kappa shape index (κ2) is 7.77. The van der Waals surface area contributed by atoms with Gasteiger partial charge in [0.15, 0.2) is 0 Å². The molecule has 1 fully saturated rings. The zero-order chi connectivity index (χ0) is 15.4. The summed E-state index contributed by atoms with van der Waals surface area (Å²) in [6, 6.07) is 2.90. The van der Waals surface area contributed by atoms with E-state index in [9.17, 15) is 0 Å². The summed E-state index contributed by atoms with van der Waals surface area (Å²) in [5, 5.41) is 4.85. The molecule has 2 rings (SSSR count). The van der Waals surface area contributed by atoms with Gasteiger partial charge in [-0.3, -0.25) is 4.90 Å². The molecule has 118 valence electrons. The molecule has 0 saturated carbocycles. The van der Waals surface area contributed by atoms with Gasteiger partial charge in [0.1, 0.15) is 5.15 Å². The number of piperidine rings is 1. The Morgan fingerprint density at radius 2 is 2.14 bits per heavy atom. The van der Waals surface area contributed by atoms with Gasteiger partial charge < -0.3 is 5.32 Å². The van der Waals surface area contributed by atoms with Crippen LogP contribution in [0.1, 0.15) is 44.4 Å². The Bertz CT molecular complexity index is 448. The second-order valence-electron chi connectivity index (χ2n) is 6.18. The molecule has 0 aromatic carbocycles. The van der Waals surface area contributed by atoms with Gasteiger partial charge in [0, 0.05) is 41.5 Å². The van der Waals surface area contributed by atoms with E-state index in [1.807, 2.05) is 13.0 Å². The molecule has 1 aromatic heterocycles. The molecule has 2 heterocycles. The van der Waals surface area contributed by atoms with Crippen LogP contribution in [0, 0.1) is 6.92 Å². The Morgan fingerprint density at radius 1 is 1.38 bits per heavy atom. The predicted molar refractivity (Wildman–Crippen MR) is 90.2 cm³/mol. The minimum Gasteiger partial charge on any atom is -0.313 e. The largest absolute Gasteiger partial charge is 0.313 e. The highest BCUT2D eigenvalue weighted by Crippen LogP contribution is 2.26. The molecular formula is C16H25Cl2N3. The van der Waals surface area contributed by atoms with Crippen LogP contribution in [0.25, 0.3) is 0 Å². The van der Waals surface area contributed by atoms with Crippen LogP contribution in [0.4, 0.5) is 0 Å². The van der Waals surface area contributed by atoms with Gasteiger partial charge in [-0.15, -0.1) is 0 Å². The fourth-order valence-corrected chi connectivity index (χ4v) is 3.44. The average molecular weight is 330 g/mol. The van der Waals surface area contributed by atoms with Crippen LogP contribution >= 0.6 is 23.2 Å². The third-order valence-electron chi connectivity index (χ3n) is 4.11. The van der Waals surface area contributed by atoms with Gasteiger partial charge in [0.05, 0.1) is 0 Å². The summed E-state index contributed by atoms with van der Waals surface area (Å²) in [5.74, 6) is 0. The molecule has 1 aliphatic heterocycles. The Balaban J connectivity index is 2.09. The summed E-state index contributed by atoms with van der Waals surface area (Å²) in [6.45, 7) is 9.25. The first-order valence-electron chi connectivity index (χ1n) is 7.76. The van der Waals surface area contributed by atoms with Gasteiger partial charge in [0.2, 0.25) is 0 Å². The van der Waals surface area contributed by atoms with Crippen LogP contribution in [-0.4, -0.2) is 35.1 Å². The number of rotatable bonds is 5. The van der Waals surface area contributed by atoms with E-state index in [0.717, 1.165) is 35.9 Å². The molecule has 0 aliphatic carbocycles. The van der Waals surface area contributed by atoms with Crippen molar-refractivity contribution in [3.05, 3.63) is 27.5 Å². The van der Waals surface area contributed by atoms with Crippen molar-refractivity contribution < 1.29 is 0 Å². The number of pyridine rings is 1. The first-order valence-corrected chi connectivity index (χ1v) is 8.52. The molecule has 0 spiro atoms. The maximum absolute atomic E-state index is 6.36. The van der Waals surface area contributed by atoms with Gasteiger partial charge >= 0.3 is 0 Å². The van der Waals surface area contributed by atoms with E-state index in [-0.39, 0.29) is 0 Å². The zero-order valence-corrected chi connectivity index (χ0v) is 14.6. The lowest BCUT2D eigenvalue weighted by Crippen LogP contribution is -2.45. The molecule has 1 aliphatic rings. The molecule has 3 nitrogen and oxygen atoms in total. The maximum Gasteiger partial charge on any atom is 0.135 e. The molecule has 0 radical (unpaired) electrons. The smallest absolute Gasteiger partial charge is 0.135 e. The summed E-state index contributed by atoms with van der Waals surface area (Å²) in [7, 11) is 0. The van der Waals surface area contributed by atoms with Gasteiger partial charge in [-0.25, -0.2) is 4.98 Å². The fraction of sp³-hybridized carbons (Fsp3) is 0.688. The van der Waals surface area contributed by atoms with Crippen LogP contribution in [-0.2, 0) is 6.54 Å². The topological polar surface area (TPSA) is 28.2 Å². The van der Waals surface area contributed by atoms with Crippen molar-refractivity contribution >= 4 is 23.2 Å². The molecule has 1 unspecified atom stereocenters. The van der Waals surface area contributed by atoms with Crippen LogP contribution in [0.15, 0.2) is 6.07 Å². The van der Waals surface area contributed by atoms with Gasteiger partial charge in [-0.1, -0.05) is 29.6 Å². The molecule has 1 aromatic rings. The van der Waals surface area contributed by atoms with Crippen molar-refractivity contribution in [2.45, 2.75) is 58.7 Å². The highest BCUT2D eigenvalue weighted by atomic mass is 35.5. The first-order chi connectivity index (χ1) is 9.97. The predicted octanol–water partition coefficient (Wildman–Crippen LogP) is 4.05. The van der Waals surface area contributed by atoms with E-state index in [1.165, 1.54) is 19.3 Å². The Hall–Kier alpha value is -0.350. The molecule has 1 atom stereocenters. The molecule has 0 bridgehead atoms. The minimum absolute atomic E-state index is 0.446. The van der Waals surface area contributed by atoms with Crippen molar-refractivity contribution in [2.24, 2.45) is 0 Å². The third kappa shape index (κ3) is 4.82. The van der Waals surface area contributed by atoms with Gasteiger partial charge in [0.25, 0.3) is 0 Å². The Labute approximate surface area is 138 Å². The number of hydrogen-bond acceptors (Lipinski definition) is 3. The molecule has 21 heavy (non-hydrogen) atoms. The fourth-order valence-electron chi connectivity index (χ4n) is 2.79. The van der Waals surface area contributed by atoms with Crippen LogP contribution in [0.5, 0.6) is 0 Å². The van der Waals surface area contributed by atoms with Gasteiger partial charge in [-0.05, 0) is 46.2 Å². The summed E-state index contributed by atoms with van der Waals surface area (Å²) >= 11 is 12.6. The average Bonchev–Trinajstić information content (AvgIpc) is 2.42. The number of halogens is 2. The zero-order valence-electron chi connectivity index (χ0n) is 13.1. The van der Waals surface area contributed by atoms with Crippen LogP contribution in [0.2, 0.25) is 10.2 Å². The molecular weight excluding hydrogens is 305 g/mol. The molecule has 0 amide bonds. The highest BCUT2D eigenvalue weighted by molar-refractivity contribution is 6.35. The summed E-state index contributed by atoms with van der Waals surface area (Å²) in [4.78, 5) is 6.76. The first kappa shape index (κ1) is 17.0. The minimum atomic E-state index is 0.446. The third-order valence-corrected chi connectivity index (χ3v) is 4.76. The van der Waals surface area contributed by atoms with Crippen molar-refractivity contribution in [1.29, 1.82) is 0 Å².